The first kappa shape index (κ1) is 37.7. The van der Waals surface area contributed by atoms with Gasteiger partial charge in [-0.25, -0.2) is 4.98 Å². The van der Waals surface area contributed by atoms with E-state index in [0.717, 1.165) is 55.7 Å². The van der Waals surface area contributed by atoms with Crippen molar-refractivity contribution >= 4 is 53.3 Å². The van der Waals surface area contributed by atoms with Crippen molar-refractivity contribution in [1.29, 1.82) is 0 Å². The normalized spacial score (nSPS) is 11.8. The number of pyridine rings is 1. The molecule has 286 valence electrons. The van der Waals surface area contributed by atoms with Crippen LogP contribution in [0.4, 0.5) is 0 Å². The monoisotopic (exact) mass is 951 g/mol. The van der Waals surface area contributed by atoms with Crippen LogP contribution >= 0.6 is 11.3 Å². The second-order valence-electron chi connectivity index (χ2n) is 16.0. The summed E-state index contributed by atoms with van der Waals surface area (Å²) in [6.45, 7) is 13.2. The van der Waals surface area contributed by atoms with Gasteiger partial charge in [0.05, 0.1) is 5.52 Å². The second-order valence-corrected chi connectivity index (χ2v) is 17.1. The number of aromatic nitrogens is 4. The molecule has 10 aromatic rings. The van der Waals surface area contributed by atoms with Gasteiger partial charge in [-0.1, -0.05) is 98.6 Å². The number of fused-ring (bicyclic) bond motifs is 7. The van der Waals surface area contributed by atoms with Crippen LogP contribution in [0.3, 0.4) is 0 Å². The zero-order chi connectivity index (χ0) is 39.0. The molecule has 7 heteroatoms. The summed E-state index contributed by atoms with van der Waals surface area (Å²) in [4.78, 5) is 4.98. The van der Waals surface area contributed by atoms with E-state index in [1.807, 2.05) is 52.5 Å². The molecule has 0 radical (unpaired) electrons. The van der Waals surface area contributed by atoms with Crippen LogP contribution in [0.25, 0.3) is 75.9 Å². The van der Waals surface area contributed by atoms with Crippen molar-refractivity contribution in [3.8, 4) is 45.4 Å². The van der Waals surface area contributed by atoms with E-state index in [4.69, 9.17) is 14.8 Å². The fourth-order valence-corrected chi connectivity index (χ4v) is 9.43. The van der Waals surface area contributed by atoms with Gasteiger partial charge in [-0.05, 0) is 83.8 Å². The predicted octanol–water partition coefficient (Wildman–Crippen LogP) is 13.7. The van der Waals surface area contributed by atoms with Crippen LogP contribution in [0.1, 0.15) is 43.0 Å². The van der Waals surface area contributed by atoms with E-state index in [1.165, 1.54) is 42.4 Å². The minimum absolute atomic E-state index is 0. The summed E-state index contributed by atoms with van der Waals surface area (Å²) in [7, 11) is 0. The van der Waals surface area contributed by atoms with E-state index in [2.05, 4.69) is 155 Å². The Balaban J connectivity index is 0.00000436. The number of aryl methyl sites for hydroxylation is 3. The number of hydrogen-bond donors (Lipinski definition) is 0. The summed E-state index contributed by atoms with van der Waals surface area (Å²) in [5.74, 6) is 2.02. The third-order valence-electron chi connectivity index (χ3n) is 10.9. The summed E-state index contributed by atoms with van der Waals surface area (Å²) >= 11 is 1.82. The number of ether oxygens (including phenoxy) is 1. The number of rotatable bonds is 6. The van der Waals surface area contributed by atoms with Gasteiger partial charge in [-0.15, -0.1) is 47.1 Å². The van der Waals surface area contributed by atoms with Gasteiger partial charge in [0.15, 0.2) is 0 Å². The Bertz CT molecular complexity index is 3160. The first-order chi connectivity index (χ1) is 27.6. The van der Waals surface area contributed by atoms with Gasteiger partial charge in [0.2, 0.25) is 0 Å². The summed E-state index contributed by atoms with van der Waals surface area (Å²) in [5, 5.41) is 9.94. The van der Waals surface area contributed by atoms with Gasteiger partial charge in [-0.2, -0.15) is 17.2 Å². The molecule has 0 spiro atoms. The molecule has 0 saturated heterocycles. The summed E-state index contributed by atoms with van der Waals surface area (Å²) in [6.07, 6.45) is 4.02. The van der Waals surface area contributed by atoms with Crippen LogP contribution in [0.2, 0.25) is 0 Å². The van der Waals surface area contributed by atoms with E-state index < -0.39 is 0 Å². The first-order valence-corrected chi connectivity index (χ1v) is 20.1. The molecule has 0 aliphatic carbocycles. The first-order valence-electron chi connectivity index (χ1n) is 19.3. The van der Waals surface area contributed by atoms with Gasteiger partial charge in [0, 0.05) is 55.2 Å². The zero-order valence-electron chi connectivity index (χ0n) is 33.1. The molecule has 0 saturated carbocycles. The maximum Gasteiger partial charge on any atom is 2.00 e. The molecule has 0 atom stereocenters. The molecule has 0 amide bonds. The standard InChI is InChI=1S/C51H40N4OS.Pt/c1-31-25-32(2)47(33(3)26-31)49-42(34-13-8-7-9-14-34)30-54(53-49)36-15-12-16-37(28-36)56-38-19-20-39-40-21-22-45-48(41-17-10-11-18-44(41)57-45)50(40)55(43(39)29-38)46-27-35(23-24-52-46)51(4,5)6;/h7-27,30H,1-6H3;/q-2;+2. The summed E-state index contributed by atoms with van der Waals surface area (Å²) in [5.41, 5.74) is 11.9. The van der Waals surface area contributed by atoms with Crippen molar-refractivity contribution in [3.05, 3.63) is 168 Å². The molecule has 0 N–H and O–H groups in total. The molecule has 58 heavy (non-hydrogen) atoms. The van der Waals surface area contributed by atoms with E-state index >= 15 is 0 Å². The van der Waals surface area contributed by atoms with Gasteiger partial charge in [0.25, 0.3) is 0 Å². The minimum atomic E-state index is -0.0469. The van der Waals surface area contributed by atoms with Crippen molar-refractivity contribution in [2.45, 2.75) is 47.0 Å². The third kappa shape index (κ3) is 6.45. The SMILES string of the molecule is Cc1cc(C)c(-c2nn(-c3[c-]c(Oc4[c-]c5c(cc4)c4ccc6sc7ccccc7c6c4n5-c4cc(C(C)(C)C)ccn4)ccc3)cc2-c2ccccc2)c(C)c1.[Pt+2]. The molecule has 6 aromatic carbocycles. The molecule has 0 unspecified atom stereocenters. The molecule has 4 aromatic heterocycles. The van der Waals surface area contributed by atoms with E-state index in [-0.39, 0.29) is 26.5 Å². The number of nitrogens with zero attached hydrogens (tertiary/aromatic N) is 4. The molecule has 0 aliphatic rings. The Labute approximate surface area is 356 Å². The molecular weight excluding hydrogens is 912 g/mol. The maximum atomic E-state index is 6.63. The molecular formula is C51H40N4OPtS. The second kappa shape index (κ2) is 14.5. The number of thiophene rings is 1. The van der Waals surface area contributed by atoms with Gasteiger partial charge in [-0.3, -0.25) is 4.68 Å². The van der Waals surface area contributed by atoms with Gasteiger partial charge < -0.3 is 9.30 Å². The minimum Gasteiger partial charge on any atom is -0.509 e. The van der Waals surface area contributed by atoms with Crippen LogP contribution in [-0.2, 0) is 26.5 Å². The van der Waals surface area contributed by atoms with Gasteiger partial charge >= 0.3 is 21.1 Å². The Morgan fingerprint density at radius 3 is 2.22 bits per heavy atom. The third-order valence-corrected chi connectivity index (χ3v) is 12.1. The van der Waals surface area contributed by atoms with Crippen molar-refractivity contribution in [2.75, 3.05) is 0 Å². The van der Waals surface area contributed by atoms with Crippen molar-refractivity contribution in [1.82, 2.24) is 19.3 Å². The quantitative estimate of drug-likeness (QED) is 0.156. The zero-order valence-corrected chi connectivity index (χ0v) is 36.2. The van der Waals surface area contributed by atoms with Crippen molar-refractivity contribution in [3.63, 3.8) is 0 Å². The van der Waals surface area contributed by atoms with E-state index in [9.17, 15) is 0 Å². The van der Waals surface area contributed by atoms with Crippen LogP contribution in [-0.4, -0.2) is 19.3 Å². The molecule has 10 rings (SSSR count). The Hall–Kier alpha value is -5.81. The van der Waals surface area contributed by atoms with E-state index in [0.29, 0.717) is 11.5 Å². The average molecular weight is 952 g/mol. The molecule has 4 heterocycles. The Morgan fingerprint density at radius 1 is 0.690 bits per heavy atom. The Morgan fingerprint density at radius 2 is 1.43 bits per heavy atom. The molecule has 5 nitrogen and oxygen atoms in total. The number of hydrogen-bond acceptors (Lipinski definition) is 4. The number of benzene rings is 6. The predicted molar refractivity (Wildman–Crippen MR) is 237 cm³/mol. The van der Waals surface area contributed by atoms with Crippen LogP contribution in [0.15, 0.2) is 134 Å². The summed E-state index contributed by atoms with van der Waals surface area (Å²) in [6, 6.07) is 49.7. The molecule has 0 fully saturated rings. The fourth-order valence-electron chi connectivity index (χ4n) is 8.33. The topological polar surface area (TPSA) is 44.9 Å². The van der Waals surface area contributed by atoms with Crippen LogP contribution in [0, 0.1) is 32.9 Å². The van der Waals surface area contributed by atoms with Gasteiger partial charge in [0.1, 0.15) is 11.5 Å². The maximum absolute atomic E-state index is 6.63. The van der Waals surface area contributed by atoms with Crippen molar-refractivity contribution in [2.24, 2.45) is 0 Å². The largest absolute Gasteiger partial charge is 2.00 e. The van der Waals surface area contributed by atoms with Crippen molar-refractivity contribution < 1.29 is 25.8 Å². The summed E-state index contributed by atoms with van der Waals surface area (Å²) < 4.78 is 13.3. The van der Waals surface area contributed by atoms with Crippen LogP contribution < -0.4 is 4.74 Å². The molecule has 0 bridgehead atoms. The van der Waals surface area contributed by atoms with Crippen LogP contribution in [0.5, 0.6) is 11.5 Å². The Kier molecular flexibility index (Phi) is 9.46. The average Bonchev–Trinajstić information content (AvgIpc) is 3.90. The van der Waals surface area contributed by atoms with E-state index in [1.54, 1.807) is 0 Å². The smallest absolute Gasteiger partial charge is 0.509 e. The fraction of sp³-hybridized carbons (Fsp3) is 0.137. The molecule has 0 aliphatic heterocycles.